The molecule has 0 aliphatic rings. The summed E-state index contributed by atoms with van der Waals surface area (Å²) in [6.45, 7) is 3.43. The van der Waals surface area contributed by atoms with Gasteiger partial charge in [0.15, 0.2) is 0 Å². The van der Waals surface area contributed by atoms with Crippen molar-refractivity contribution in [1.82, 2.24) is 16.0 Å². The Bertz CT molecular complexity index is 801. The van der Waals surface area contributed by atoms with Crippen LogP contribution in [0, 0.1) is 5.92 Å². The minimum Gasteiger partial charge on any atom is -0.481 e. The Kier molecular flexibility index (Phi) is 12.8. The second-order valence-corrected chi connectivity index (χ2v) is 8.03. The van der Waals surface area contributed by atoms with Crippen LogP contribution in [0.4, 0.5) is 0 Å². The quantitative estimate of drug-likeness (QED) is 0.106. The van der Waals surface area contributed by atoms with Gasteiger partial charge in [-0.3, -0.25) is 28.8 Å². The maximum Gasteiger partial charge on any atom is 0.326 e. The fourth-order valence-corrected chi connectivity index (χ4v) is 2.75. The van der Waals surface area contributed by atoms with E-state index >= 15 is 0 Å². The van der Waals surface area contributed by atoms with E-state index in [4.69, 9.17) is 22.3 Å². The van der Waals surface area contributed by atoms with E-state index in [1.807, 2.05) is 0 Å². The molecule has 192 valence electrons. The molecule has 0 bridgehead atoms. The van der Waals surface area contributed by atoms with E-state index in [1.165, 1.54) is 0 Å². The van der Waals surface area contributed by atoms with Crippen molar-refractivity contribution < 1.29 is 43.8 Å². The first-order valence-corrected chi connectivity index (χ1v) is 10.3. The number of rotatable bonds is 16. The van der Waals surface area contributed by atoms with Crippen molar-refractivity contribution in [3.8, 4) is 0 Å². The van der Waals surface area contributed by atoms with E-state index in [9.17, 15) is 38.7 Å². The van der Waals surface area contributed by atoms with Gasteiger partial charge in [0.25, 0.3) is 0 Å². The van der Waals surface area contributed by atoms with Gasteiger partial charge in [-0.05, 0) is 18.8 Å². The number of carboxylic acid groups (broad SMARTS) is 2. The zero-order valence-corrected chi connectivity index (χ0v) is 18.9. The monoisotopic (exact) mass is 488 g/mol. The third-order valence-electron chi connectivity index (χ3n) is 4.40. The molecule has 0 aliphatic heterocycles. The lowest BCUT2D eigenvalue weighted by Crippen LogP contribution is -2.58. The molecule has 0 aromatic carbocycles. The van der Waals surface area contributed by atoms with Crippen LogP contribution >= 0.6 is 0 Å². The van der Waals surface area contributed by atoms with Crippen LogP contribution in [-0.4, -0.2) is 75.9 Å². The average Bonchev–Trinajstić information content (AvgIpc) is 2.68. The van der Waals surface area contributed by atoms with Gasteiger partial charge in [-0.25, -0.2) is 4.79 Å². The van der Waals surface area contributed by atoms with Crippen LogP contribution in [0.2, 0.25) is 0 Å². The van der Waals surface area contributed by atoms with Gasteiger partial charge in [0.05, 0.1) is 18.9 Å². The van der Waals surface area contributed by atoms with Gasteiger partial charge in [-0.2, -0.15) is 0 Å². The van der Waals surface area contributed by atoms with Crippen LogP contribution < -0.4 is 33.2 Å². The van der Waals surface area contributed by atoms with Crippen molar-refractivity contribution in [1.29, 1.82) is 0 Å². The third kappa shape index (κ3) is 12.3. The normalized spacial score (nSPS) is 14.2. The van der Waals surface area contributed by atoms with Crippen LogP contribution in [0.1, 0.15) is 46.0 Å². The molecular formula is C19H32N6O9. The molecule has 11 N–H and O–H groups in total. The van der Waals surface area contributed by atoms with Crippen molar-refractivity contribution in [3.05, 3.63) is 0 Å². The first-order valence-electron chi connectivity index (χ1n) is 10.3. The predicted octanol–water partition coefficient (Wildman–Crippen LogP) is -3.49. The number of hydrogen-bond donors (Lipinski definition) is 8. The number of carbonyl (C=O) groups is 7. The maximum atomic E-state index is 12.8. The Morgan fingerprint density at radius 2 is 1.18 bits per heavy atom. The molecule has 5 amide bonds. The van der Waals surface area contributed by atoms with Crippen LogP contribution in [0.25, 0.3) is 0 Å². The molecule has 15 heteroatoms. The minimum atomic E-state index is -1.63. The van der Waals surface area contributed by atoms with Crippen molar-refractivity contribution in [2.24, 2.45) is 23.1 Å². The number of nitrogens with two attached hydrogens (primary N) is 3. The van der Waals surface area contributed by atoms with Crippen LogP contribution in [-0.2, 0) is 33.6 Å². The molecule has 0 aromatic rings. The fourth-order valence-electron chi connectivity index (χ4n) is 2.75. The lowest BCUT2D eigenvalue weighted by molar-refractivity contribution is -0.144. The molecule has 34 heavy (non-hydrogen) atoms. The van der Waals surface area contributed by atoms with E-state index in [0.717, 1.165) is 0 Å². The average molecular weight is 488 g/mol. The highest BCUT2D eigenvalue weighted by atomic mass is 16.4. The summed E-state index contributed by atoms with van der Waals surface area (Å²) >= 11 is 0. The SMILES string of the molecule is CC(C)CC(NC(=O)C(CC(N)=O)NC(=O)C(N)CCC(=O)O)C(=O)NC(CC(N)=O)C(=O)O. The zero-order valence-electron chi connectivity index (χ0n) is 18.9. The minimum absolute atomic E-state index is 0.0375. The summed E-state index contributed by atoms with van der Waals surface area (Å²) in [6.07, 6.45) is -1.94. The zero-order chi connectivity index (χ0) is 26.6. The summed E-state index contributed by atoms with van der Waals surface area (Å²) in [5.74, 6) is -7.64. The van der Waals surface area contributed by atoms with Crippen molar-refractivity contribution in [3.63, 3.8) is 0 Å². The van der Waals surface area contributed by atoms with Crippen molar-refractivity contribution in [2.45, 2.75) is 70.1 Å². The Morgan fingerprint density at radius 1 is 0.735 bits per heavy atom. The Labute approximate surface area is 195 Å². The van der Waals surface area contributed by atoms with Gasteiger partial charge in [0.2, 0.25) is 29.5 Å². The van der Waals surface area contributed by atoms with Gasteiger partial charge in [-0.15, -0.1) is 0 Å². The van der Waals surface area contributed by atoms with Crippen LogP contribution in [0.15, 0.2) is 0 Å². The molecule has 0 saturated carbocycles. The second-order valence-electron chi connectivity index (χ2n) is 8.03. The van der Waals surface area contributed by atoms with Crippen molar-refractivity contribution in [2.75, 3.05) is 0 Å². The molecule has 0 heterocycles. The summed E-state index contributed by atoms with van der Waals surface area (Å²) in [4.78, 5) is 82.0. The largest absolute Gasteiger partial charge is 0.481 e. The van der Waals surface area contributed by atoms with Crippen LogP contribution in [0.5, 0.6) is 0 Å². The molecule has 0 saturated heterocycles. The molecule has 0 radical (unpaired) electrons. The van der Waals surface area contributed by atoms with Gasteiger partial charge in [0.1, 0.15) is 18.1 Å². The van der Waals surface area contributed by atoms with Gasteiger partial charge < -0.3 is 43.4 Å². The summed E-state index contributed by atoms with van der Waals surface area (Å²) in [7, 11) is 0. The number of aliphatic carboxylic acids is 2. The molecule has 4 unspecified atom stereocenters. The Hall–Kier alpha value is -3.75. The van der Waals surface area contributed by atoms with Crippen LogP contribution in [0.3, 0.4) is 0 Å². The third-order valence-corrected chi connectivity index (χ3v) is 4.40. The lowest BCUT2D eigenvalue weighted by Gasteiger charge is -2.25. The molecule has 4 atom stereocenters. The second kappa shape index (κ2) is 14.4. The van der Waals surface area contributed by atoms with E-state index in [2.05, 4.69) is 16.0 Å². The van der Waals surface area contributed by atoms with E-state index in [-0.39, 0.29) is 18.8 Å². The Morgan fingerprint density at radius 3 is 1.62 bits per heavy atom. The highest BCUT2D eigenvalue weighted by molar-refractivity contribution is 5.96. The standard InChI is InChI=1S/C19H32N6O9/c1-8(2)5-10(17(31)25-12(19(33)34)7-14(22)27)24-18(32)11(6-13(21)26)23-16(30)9(20)3-4-15(28)29/h8-12H,3-7,20H2,1-2H3,(H2,21,26)(H2,22,27)(H,23,30)(H,24,32)(H,25,31)(H,28,29)(H,33,34). The number of primary amides is 2. The van der Waals surface area contributed by atoms with E-state index in [0.29, 0.717) is 0 Å². The number of carbonyl (C=O) groups excluding carboxylic acids is 5. The number of carboxylic acids is 2. The molecule has 0 rings (SSSR count). The summed E-state index contributed by atoms with van der Waals surface area (Å²) < 4.78 is 0. The van der Waals surface area contributed by atoms with Gasteiger partial charge in [-0.1, -0.05) is 13.8 Å². The first kappa shape index (κ1) is 30.2. The predicted molar refractivity (Wildman–Crippen MR) is 115 cm³/mol. The Balaban J connectivity index is 5.52. The molecule has 0 aliphatic carbocycles. The smallest absolute Gasteiger partial charge is 0.326 e. The molecule has 0 spiro atoms. The molecule has 0 aromatic heterocycles. The summed E-state index contributed by atoms with van der Waals surface area (Å²) in [5, 5.41) is 24.5. The topological polar surface area (TPSA) is 274 Å². The van der Waals surface area contributed by atoms with E-state index in [1.54, 1.807) is 13.8 Å². The number of nitrogens with one attached hydrogen (secondary N) is 3. The maximum absolute atomic E-state index is 12.8. The highest BCUT2D eigenvalue weighted by Crippen LogP contribution is 2.08. The molecule has 15 nitrogen and oxygen atoms in total. The van der Waals surface area contributed by atoms with E-state index < -0.39 is 84.9 Å². The number of amides is 5. The highest BCUT2D eigenvalue weighted by Gasteiger charge is 2.32. The lowest BCUT2D eigenvalue weighted by atomic mass is 10.0. The number of hydrogen-bond acceptors (Lipinski definition) is 8. The van der Waals surface area contributed by atoms with Gasteiger partial charge in [0, 0.05) is 6.42 Å². The molecule has 0 fully saturated rings. The fraction of sp³-hybridized carbons (Fsp3) is 0.632. The summed E-state index contributed by atoms with van der Waals surface area (Å²) in [5.41, 5.74) is 15.7. The van der Waals surface area contributed by atoms with Gasteiger partial charge >= 0.3 is 11.9 Å². The molecular weight excluding hydrogens is 456 g/mol. The van der Waals surface area contributed by atoms with Crippen molar-refractivity contribution >= 4 is 41.5 Å². The summed E-state index contributed by atoms with van der Waals surface area (Å²) in [6, 6.07) is -5.76. The first-order chi connectivity index (χ1) is 15.6.